The molecule has 2 aromatic rings. The van der Waals surface area contributed by atoms with Gasteiger partial charge < -0.3 is 34.8 Å². The molecule has 4 aliphatic rings. The van der Waals surface area contributed by atoms with Crippen LogP contribution >= 0.6 is 0 Å². The molecular weight excluding hydrogens is 558 g/mol. The van der Waals surface area contributed by atoms with E-state index in [-0.39, 0.29) is 42.2 Å². The Morgan fingerprint density at radius 1 is 1.09 bits per heavy atom. The van der Waals surface area contributed by atoms with Crippen molar-refractivity contribution in [1.82, 2.24) is 15.5 Å². The SMILES string of the molecule is COCCCN1C(=O)COc2ccc(N(C(=O)[C@H]3CNC[C@@H](C(=O)NC4(c5ccccc5)CCN(C)CC4)C3)C3CC3)cc21. The first kappa shape index (κ1) is 30.6. The number of nitrogens with one attached hydrogen (secondary N) is 2. The second-order valence-electron chi connectivity index (χ2n) is 12.8. The highest BCUT2D eigenvalue weighted by Crippen LogP contribution is 2.41. The summed E-state index contributed by atoms with van der Waals surface area (Å²) >= 11 is 0. The zero-order valence-electron chi connectivity index (χ0n) is 25.9. The van der Waals surface area contributed by atoms with Crippen molar-refractivity contribution >= 4 is 29.1 Å². The quantitative estimate of drug-likeness (QED) is 0.403. The lowest BCUT2D eigenvalue weighted by atomic mass is 9.79. The number of hydrogen-bond acceptors (Lipinski definition) is 7. The first-order chi connectivity index (χ1) is 21.4. The van der Waals surface area contributed by atoms with E-state index in [9.17, 15) is 14.4 Å². The van der Waals surface area contributed by atoms with Gasteiger partial charge in [0.05, 0.1) is 23.1 Å². The molecule has 0 spiro atoms. The van der Waals surface area contributed by atoms with E-state index in [4.69, 9.17) is 9.47 Å². The van der Waals surface area contributed by atoms with Crippen LogP contribution in [0, 0.1) is 11.8 Å². The minimum atomic E-state index is -0.403. The number of benzene rings is 2. The molecule has 3 aliphatic heterocycles. The standard InChI is InChI=1S/C34H45N5O5/c1-37-16-13-34(14-17-37,26-7-4-3-5-8-26)36-32(41)24-19-25(22-35-21-24)33(42)39(27-9-10-27)28-11-12-30-29(20-28)38(15-6-18-43-2)31(40)23-44-30/h3-5,7-8,11-12,20,24-25,27,35H,6,9-10,13-19,21-23H2,1-2H3,(H,36,41)/t24-,25+/m0/s1. The van der Waals surface area contributed by atoms with Crippen molar-refractivity contribution in [2.45, 2.75) is 50.1 Å². The summed E-state index contributed by atoms with van der Waals surface area (Å²) in [6, 6.07) is 16.1. The first-order valence-corrected chi connectivity index (χ1v) is 16.0. The monoisotopic (exact) mass is 603 g/mol. The fourth-order valence-corrected chi connectivity index (χ4v) is 6.91. The van der Waals surface area contributed by atoms with Crippen LogP contribution in [0.2, 0.25) is 0 Å². The normalized spacial score (nSPS) is 23.4. The molecule has 2 aromatic carbocycles. The molecule has 2 atom stereocenters. The van der Waals surface area contributed by atoms with Gasteiger partial charge in [-0.15, -0.1) is 0 Å². The molecule has 236 valence electrons. The van der Waals surface area contributed by atoms with Crippen molar-refractivity contribution in [3.05, 3.63) is 54.1 Å². The van der Waals surface area contributed by atoms with Gasteiger partial charge in [0, 0.05) is 58.2 Å². The van der Waals surface area contributed by atoms with Crippen molar-refractivity contribution in [3.63, 3.8) is 0 Å². The fraction of sp³-hybridized carbons (Fsp3) is 0.559. The maximum Gasteiger partial charge on any atom is 0.265 e. The Hall–Kier alpha value is -3.47. The molecule has 0 bridgehead atoms. The molecule has 10 heteroatoms. The van der Waals surface area contributed by atoms with Gasteiger partial charge in [-0.05, 0) is 69.3 Å². The molecule has 1 aliphatic carbocycles. The number of methoxy groups -OCH3 is 1. The van der Waals surface area contributed by atoms with Crippen molar-refractivity contribution in [1.29, 1.82) is 0 Å². The maximum atomic E-state index is 14.2. The Kier molecular flexibility index (Phi) is 9.21. The van der Waals surface area contributed by atoms with Crippen LogP contribution in [0.15, 0.2) is 48.5 Å². The molecule has 1 saturated carbocycles. The summed E-state index contributed by atoms with van der Waals surface area (Å²) in [7, 11) is 3.77. The van der Waals surface area contributed by atoms with Crippen LogP contribution in [-0.4, -0.2) is 88.8 Å². The predicted octanol–water partition coefficient (Wildman–Crippen LogP) is 2.91. The molecule has 2 N–H and O–H groups in total. The third kappa shape index (κ3) is 6.48. The van der Waals surface area contributed by atoms with Crippen LogP contribution in [0.3, 0.4) is 0 Å². The molecule has 10 nitrogen and oxygen atoms in total. The molecule has 3 fully saturated rings. The van der Waals surface area contributed by atoms with Crippen molar-refractivity contribution in [2.24, 2.45) is 11.8 Å². The van der Waals surface area contributed by atoms with Gasteiger partial charge >= 0.3 is 0 Å². The molecule has 3 amide bonds. The van der Waals surface area contributed by atoms with E-state index in [2.05, 4.69) is 34.7 Å². The van der Waals surface area contributed by atoms with Crippen LogP contribution in [-0.2, 0) is 24.7 Å². The van der Waals surface area contributed by atoms with Crippen molar-refractivity contribution in [3.8, 4) is 5.75 Å². The highest BCUT2D eigenvalue weighted by Gasteiger charge is 2.43. The van der Waals surface area contributed by atoms with E-state index < -0.39 is 5.54 Å². The van der Waals surface area contributed by atoms with Gasteiger partial charge in [0.15, 0.2) is 6.61 Å². The number of amides is 3. The molecule has 6 rings (SSSR count). The van der Waals surface area contributed by atoms with Gasteiger partial charge in [-0.25, -0.2) is 0 Å². The number of hydrogen-bond donors (Lipinski definition) is 2. The van der Waals surface area contributed by atoms with E-state index >= 15 is 0 Å². The van der Waals surface area contributed by atoms with E-state index in [0.29, 0.717) is 50.5 Å². The minimum Gasteiger partial charge on any atom is -0.482 e. The Morgan fingerprint density at radius 3 is 2.57 bits per heavy atom. The van der Waals surface area contributed by atoms with E-state index in [1.54, 1.807) is 12.0 Å². The number of carbonyl (C=O) groups excluding carboxylic acids is 3. The predicted molar refractivity (Wildman–Crippen MR) is 169 cm³/mol. The van der Waals surface area contributed by atoms with Gasteiger partial charge in [0.25, 0.3) is 5.91 Å². The van der Waals surface area contributed by atoms with Gasteiger partial charge in [0.2, 0.25) is 11.8 Å². The summed E-state index contributed by atoms with van der Waals surface area (Å²) < 4.78 is 10.9. The van der Waals surface area contributed by atoms with Crippen LogP contribution < -0.4 is 25.2 Å². The van der Waals surface area contributed by atoms with Gasteiger partial charge in [-0.1, -0.05) is 30.3 Å². The first-order valence-electron chi connectivity index (χ1n) is 16.0. The summed E-state index contributed by atoms with van der Waals surface area (Å²) in [5, 5.41) is 6.87. The Morgan fingerprint density at radius 2 is 1.84 bits per heavy atom. The zero-order valence-corrected chi connectivity index (χ0v) is 25.9. The number of anilines is 2. The number of piperidine rings is 2. The summed E-state index contributed by atoms with van der Waals surface area (Å²) in [5.41, 5.74) is 2.20. The van der Waals surface area contributed by atoms with Gasteiger partial charge in [0.1, 0.15) is 5.75 Å². The average molecular weight is 604 g/mol. The number of likely N-dealkylation sites (tertiary alicyclic amines) is 1. The average Bonchev–Trinajstić information content (AvgIpc) is 3.89. The molecule has 0 aromatic heterocycles. The van der Waals surface area contributed by atoms with E-state index in [1.807, 2.05) is 41.3 Å². The number of carbonyl (C=O) groups is 3. The smallest absolute Gasteiger partial charge is 0.265 e. The van der Waals surface area contributed by atoms with Crippen LogP contribution in [0.1, 0.15) is 44.1 Å². The van der Waals surface area contributed by atoms with Crippen LogP contribution in [0.25, 0.3) is 0 Å². The number of nitrogens with zero attached hydrogens (tertiary/aromatic N) is 3. The maximum absolute atomic E-state index is 14.2. The van der Waals surface area contributed by atoms with Crippen LogP contribution in [0.4, 0.5) is 11.4 Å². The lowest BCUT2D eigenvalue weighted by Gasteiger charge is -2.43. The second-order valence-corrected chi connectivity index (χ2v) is 12.8. The molecule has 0 unspecified atom stereocenters. The lowest BCUT2D eigenvalue weighted by molar-refractivity contribution is -0.130. The van der Waals surface area contributed by atoms with Crippen molar-refractivity contribution < 1.29 is 23.9 Å². The fourth-order valence-electron chi connectivity index (χ4n) is 6.91. The molecule has 2 saturated heterocycles. The third-order valence-corrected chi connectivity index (χ3v) is 9.64. The molecular formula is C34H45N5O5. The topological polar surface area (TPSA) is 103 Å². The summed E-state index contributed by atoms with van der Waals surface area (Å²) in [6.45, 7) is 4.00. The molecule has 44 heavy (non-hydrogen) atoms. The summed E-state index contributed by atoms with van der Waals surface area (Å²) in [6.07, 6.45) is 4.79. The van der Waals surface area contributed by atoms with Crippen LogP contribution in [0.5, 0.6) is 5.75 Å². The Bertz CT molecular complexity index is 1340. The number of ether oxygens (including phenoxy) is 2. The molecule has 0 radical (unpaired) electrons. The second kappa shape index (κ2) is 13.3. The zero-order chi connectivity index (χ0) is 30.7. The van der Waals surface area contributed by atoms with Crippen molar-refractivity contribution in [2.75, 3.05) is 69.9 Å². The highest BCUT2D eigenvalue weighted by molar-refractivity contribution is 6.01. The minimum absolute atomic E-state index is 0.00402. The number of fused-ring (bicyclic) bond motifs is 1. The lowest BCUT2D eigenvalue weighted by Crippen LogP contribution is -2.56. The third-order valence-electron chi connectivity index (χ3n) is 9.64. The Labute approximate surface area is 260 Å². The summed E-state index contributed by atoms with van der Waals surface area (Å²) in [5.74, 6) is -0.0348. The number of rotatable bonds is 10. The van der Waals surface area contributed by atoms with Gasteiger partial charge in [-0.2, -0.15) is 0 Å². The van der Waals surface area contributed by atoms with Gasteiger partial charge in [-0.3, -0.25) is 14.4 Å². The van der Waals surface area contributed by atoms with E-state index in [1.165, 1.54) is 0 Å². The molecule has 3 heterocycles. The highest BCUT2D eigenvalue weighted by atomic mass is 16.5. The largest absolute Gasteiger partial charge is 0.482 e. The summed E-state index contributed by atoms with van der Waals surface area (Å²) in [4.78, 5) is 46.8. The Balaban J connectivity index is 1.18. The van der Waals surface area contributed by atoms with E-state index in [0.717, 1.165) is 50.0 Å².